The van der Waals surface area contributed by atoms with Gasteiger partial charge in [0.25, 0.3) is 0 Å². The Morgan fingerprint density at radius 2 is 2.07 bits per heavy atom. The second kappa shape index (κ2) is 10.7. The van der Waals surface area contributed by atoms with Crippen molar-refractivity contribution in [2.75, 3.05) is 38.6 Å². The minimum absolute atomic E-state index is 0. The predicted molar refractivity (Wildman–Crippen MR) is 121 cm³/mol. The first-order valence-corrected chi connectivity index (χ1v) is 11.0. The Hall–Kier alpha value is -0.950. The second-order valence-electron chi connectivity index (χ2n) is 7.34. The monoisotopic (exact) mass is 528 g/mol. The van der Waals surface area contributed by atoms with Crippen LogP contribution in [0.15, 0.2) is 4.99 Å². The summed E-state index contributed by atoms with van der Waals surface area (Å²) in [6.45, 7) is 10.7. The van der Waals surface area contributed by atoms with E-state index in [1.165, 1.54) is 0 Å². The number of aryl methyl sites for hydroxylation is 1. The van der Waals surface area contributed by atoms with Crippen LogP contribution in [0.2, 0.25) is 0 Å². The van der Waals surface area contributed by atoms with Crippen molar-refractivity contribution in [2.24, 2.45) is 12.0 Å². The zero-order chi connectivity index (χ0) is 20.1. The summed E-state index contributed by atoms with van der Waals surface area (Å²) in [6.07, 6.45) is 0.853. The highest BCUT2D eigenvalue weighted by Crippen LogP contribution is 2.23. The van der Waals surface area contributed by atoms with Gasteiger partial charge in [0, 0.05) is 39.9 Å². The number of aromatic nitrogens is 3. The fourth-order valence-corrected chi connectivity index (χ4v) is 4.21. The van der Waals surface area contributed by atoms with Crippen LogP contribution in [0.25, 0.3) is 0 Å². The quantitative estimate of drug-likeness (QED) is 0.245. The molecule has 1 aliphatic heterocycles. The number of ether oxygens (including phenoxy) is 1. The predicted octanol–water partition coefficient (Wildman–Crippen LogP) is 1.12. The molecule has 0 atom stereocenters. The molecule has 0 amide bonds. The SMILES string of the molecule is CCOCCCNC(=NCc1nnc(C)n1C)N1CCS(=O)(=O)C(C)(C)C1.I. The third kappa shape index (κ3) is 6.28. The first kappa shape index (κ1) is 25.1. The van der Waals surface area contributed by atoms with E-state index in [4.69, 9.17) is 9.73 Å². The second-order valence-corrected chi connectivity index (χ2v) is 10.1. The summed E-state index contributed by atoms with van der Waals surface area (Å²) in [5.41, 5.74) is 0. The molecule has 0 bridgehead atoms. The molecule has 0 radical (unpaired) electrons. The fourth-order valence-electron chi connectivity index (χ4n) is 2.85. The van der Waals surface area contributed by atoms with Gasteiger partial charge in [0.1, 0.15) is 12.4 Å². The molecule has 1 saturated heterocycles. The van der Waals surface area contributed by atoms with Gasteiger partial charge in [0.15, 0.2) is 21.6 Å². The van der Waals surface area contributed by atoms with Crippen LogP contribution < -0.4 is 5.32 Å². The normalized spacial score (nSPS) is 18.6. The van der Waals surface area contributed by atoms with Gasteiger partial charge in [-0.3, -0.25) is 0 Å². The van der Waals surface area contributed by atoms with Gasteiger partial charge in [-0.1, -0.05) is 0 Å². The summed E-state index contributed by atoms with van der Waals surface area (Å²) in [7, 11) is -1.19. The first-order valence-electron chi connectivity index (χ1n) is 9.36. The molecule has 0 unspecified atom stereocenters. The molecular formula is C17H33IN6O3S. The zero-order valence-corrected chi connectivity index (χ0v) is 20.6. The summed E-state index contributed by atoms with van der Waals surface area (Å²) in [5.74, 6) is 2.43. The van der Waals surface area contributed by atoms with Crippen molar-refractivity contribution in [2.45, 2.75) is 45.4 Å². The largest absolute Gasteiger partial charge is 0.382 e. The number of halogens is 1. The molecule has 1 aromatic rings. The Balaban J connectivity index is 0.00000392. The van der Waals surface area contributed by atoms with Crippen molar-refractivity contribution in [3.05, 3.63) is 11.6 Å². The Morgan fingerprint density at radius 1 is 1.36 bits per heavy atom. The van der Waals surface area contributed by atoms with Crippen molar-refractivity contribution < 1.29 is 13.2 Å². The maximum Gasteiger partial charge on any atom is 0.194 e. The Labute approximate surface area is 185 Å². The fraction of sp³-hybridized carbons (Fsp3) is 0.824. The van der Waals surface area contributed by atoms with Crippen molar-refractivity contribution in [1.82, 2.24) is 25.0 Å². The van der Waals surface area contributed by atoms with Crippen LogP contribution in [0.1, 0.15) is 38.8 Å². The van der Waals surface area contributed by atoms with Crippen LogP contribution in [0.5, 0.6) is 0 Å². The average Bonchev–Trinajstić information content (AvgIpc) is 2.92. The highest BCUT2D eigenvalue weighted by atomic mass is 127. The maximum absolute atomic E-state index is 12.3. The number of nitrogens with zero attached hydrogens (tertiary/aromatic N) is 5. The number of hydrogen-bond acceptors (Lipinski definition) is 6. The van der Waals surface area contributed by atoms with Gasteiger partial charge < -0.3 is 19.5 Å². The molecule has 0 aromatic carbocycles. The number of hydrogen-bond donors (Lipinski definition) is 1. The Morgan fingerprint density at radius 3 is 2.64 bits per heavy atom. The van der Waals surface area contributed by atoms with Gasteiger partial charge in [-0.05, 0) is 34.1 Å². The van der Waals surface area contributed by atoms with Crippen LogP contribution in [-0.4, -0.2) is 77.4 Å². The van der Waals surface area contributed by atoms with Crippen LogP contribution in [0.3, 0.4) is 0 Å². The van der Waals surface area contributed by atoms with E-state index in [2.05, 4.69) is 15.5 Å². The van der Waals surface area contributed by atoms with Gasteiger partial charge in [-0.15, -0.1) is 34.2 Å². The highest BCUT2D eigenvalue weighted by molar-refractivity contribution is 14.0. The molecule has 0 aliphatic carbocycles. The lowest BCUT2D eigenvalue weighted by molar-refractivity contribution is 0.145. The third-order valence-electron chi connectivity index (χ3n) is 4.85. The third-order valence-corrected chi connectivity index (χ3v) is 7.38. The minimum Gasteiger partial charge on any atom is -0.382 e. The van der Waals surface area contributed by atoms with E-state index < -0.39 is 14.6 Å². The highest BCUT2D eigenvalue weighted by Gasteiger charge is 2.41. The molecule has 2 heterocycles. The Kier molecular flexibility index (Phi) is 9.60. The number of nitrogens with one attached hydrogen (secondary N) is 1. The van der Waals surface area contributed by atoms with Crippen LogP contribution in [0.4, 0.5) is 0 Å². The summed E-state index contributed by atoms with van der Waals surface area (Å²) in [6, 6.07) is 0. The molecular weight excluding hydrogens is 495 g/mol. The van der Waals surface area contributed by atoms with E-state index >= 15 is 0 Å². The van der Waals surface area contributed by atoms with Gasteiger partial charge in [0.05, 0.1) is 10.5 Å². The summed E-state index contributed by atoms with van der Waals surface area (Å²) < 4.78 is 31.1. The summed E-state index contributed by atoms with van der Waals surface area (Å²) in [4.78, 5) is 6.71. The molecule has 162 valence electrons. The first-order chi connectivity index (χ1) is 12.7. The topological polar surface area (TPSA) is 102 Å². The lowest BCUT2D eigenvalue weighted by Gasteiger charge is -2.39. The molecule has 11 heteroatoms. The maximum atomic E-state index is 12.3. The lowest BCUT2D eigenvalue weighted by atomic mass is 10.2. The molecule has 2 rings (SSSR count). The molecule has 1 N–H and O–H groups in total. The van der Waals surface area contributed by atoms with Gasteiger partial charge in [-0.25, -0.2) is 13.4 Å². The standard InChI is InChI=1S/C17H32N6O3S.HI/c1-6-26-10-7-8-18-16(19-12-15-21-20-14(2)22(15)5)23-9-11-27(24,25)17(3,4)13-23;/h6-13H2,1-5H3,(H,18,19);1H. The van der Waals surface area contributed by atoms with Crippen molar-refractivity contribution in [3.63, 3.8) is 0 Å². The number of guanidine groups is 1. The van der Waals surface area contributed by atoms with Crippen molar-refractivity contribution in [1.29, 1.82) is 0 Å². The van der Waals surface area contributed by atoms with Crippen LogP contribution >= 0.6 is 24.0 Å². The molecule has 0 spiro atoms. The molecule has 1 aliphatic rings. The number of sulfone groups is 1. The van der Waals surface area contributed by atoms with E-state index in [-0.39, 0.29) is 29.7 Å². The molecule has 28 heavy (non-hydrogen) atoms. The van der Waals surface area contributed by atoms with Crippen LogP contribution in [0, 0.1) is 6.92 Å². The van der Waals surface area contributed by atoms with Gasteiger partial charge in [0.2, 0.25) is 0 Å². The Bertz CT molecular complexity index is 763. The average molecular weight is 528 g/mol. The van der Waals surface area contributed by atoms with Crippen LogP contribution in [-0.2, 0) is 28.2 Å². The molecule has 9 nitrogen and oxygen atoms in total. The van der Waals surface area contributed by atoms with Gasteiger partial charge >= 0.3 is 0 Å². The van der Waals surface area contributed by atoms with E-state index in [0.29, 0.717) is 45.4 Å². The molecule has 1 fully saturated rings. The molecule has 0 saturated carbocycles. The molecule has 1 aromatic heterocycles. The summed E-state index contributed by atoms with van der Waals surface area (Å²) in [5, 5.41) is 11.6. The van der Waals surface area contributed by atoms with E-state index in [9.17, 15) is 8.42 Å². The van der Waals surface area contributed by atoms with Crippen molar-refractivity contribution in [3.8, 4) is 0 Å². The van der Waals surface area contributed by atoms with E-state index in [1.54, 1.807) is 13.8 Å². The zero-order valence-electron chi connectivity index (χ0n) is 17.4. The lowest BCUT2D eigenvalue weighted by Crippen LogP contribution is -2.57. The smallest absolute Gasteiger partial charge is 0.194 e. The summed E-state index contributed by atoms with van der Waals surface area (Å²) >= 11 is 0. The van der Waals surface area contributed by atoms with E-state index in [0.717, 1.165) is 18.1 Å². The van der Waals surface area contributed by atoms with Crippen molar-refractivity contribution >= 4 is 39.8 Å². The number of aliphatic imine (C=N–C) groups is 1. The van der Waals surface area contributed by atoms with Gasteiger partial charge in [-0.2, -0.15) is 0 Å². The number of rotatable bonds is 7. The minimum atomic E-state index is -3.10. The van der Waals surface area contributed by atoms with E-state index in [1.807, 2.05) is 30.4 Å².